The van der Waals surface area contributed by atoms with E-state index in [1.54, 1.807) is 0 Å². The highest BCUT2D eigenvalue weighted by atomic mass is 16.3. The van der Waals surface area contributed by atoms with Crippen molar-refractivity contribution in [1.82, 2.24) is 19.4 Å². The number of rotatable bonds is 5. The summed E-state index contributed by atoms with van der Waals surface area (Å²) in [6.07, 6.45) is 7.35. The molecule has 1 aromatic heterocycles. The van der Waals surface area contributed by atoms with Gasteiger partial charge in [0.05, 0.1) is 0 Å². The molecule has 4 rings (SSSR count). The lowest BCUT2D eigenvalue weighted by Gasteiger charge is -2.43. The van der Waals surface area contributed by atoms with Gasteiger partial charge in [0.2, 0.25) is 0 Å². The maximum atomic E-state index is 9.46. The largest absolute Gasteiger partial charge is 0.396 e. The van der Waals surface area contributed by atoms with Crippen molar-refractivity contribution in [3.05, 3.63) is 48.0 Å². The van der Waals surface area contributed by atoms with Crippen LogP contribution in [0, 0.1) is 6.92 Å². The summed E-state index contributed by atoms with van der Waals surface area (Å²) >= 11 is 0. The second-order valence-corrected chi connectivity index (χ2v) is 7.40. The van der Waals surface area contributed by atoms with Gasteiger partial charge in [0.1, 0.15) is 5.82 Å². The molecule has 2 atom stereocenters. The van der Waals surface area contributed by atoms with Crippen molar-refractivity contribution in [2.24, 2.45) is 0 Å². The topological polar surface area (TPSA) is 44.5 Å². The number of aliphatic hydroxyl groups is 1. The van der Waals surface area contributed by atoms with Gasteiger partial charge in [-0.1, -0.05) is 12.1 Å². The molecule has 134 valence electrons. The predicted molar refractivity (Wildman–Crippen MR) is 98.8 cm³/mol. The molecule has 0 spiro atoms. The van der Waals surface area contributed by atoms with Crippen LogP contribution in [-0.2, 0) is 6.54 Å². The third kappa shape index (κ3) is 3.50. The lowest BCUT2D eigenvalue weighted by atomic mass is 10.0. The second kappa shape index (κ2) is 7.28. The average molecular weight is 340 g/mol. The number of hydrogen-bond donors (Lipinski definition) is 1. The van der Waals surface area contributed by atoms with Crippen molar-refractivity contribution in [2.75, 3.05) is 26.2 Å². The van der Waals surface area contributed by atoms with Gasteiger partial charge < -0.3 is 9.67 Å². The summed E-state index contributed by atoms with van der Waals surface area (Å²) in [7, 11) is 0. The normalized spacial score (nSPS) is 24.6. The lowest BCUT2D eigenvalue weighted by Crippen LogP contribution is -2.55. The van der Waals surface area contributed by atoms with Crippen LogP contribution in [0.5, 0.6) is 0 Å². The minimum Gasteiger partial charge on any atom is -0.396 e. The van der Waals surface area contributed by atoms with E-state index in [9.17, 15) is 5.11 Å². The molecule has 3 heterocycles. The smallest absolute Gasteiger partial charge is 0.110 e. The van der Waals surface area contributed by atoms with Crippen molar-refractivity contribution in [3.63, 3.8) is 0 Å². The van der Waals surface area contributed by atoms with E-state index in [2.05, 4.69) is 43.6 Å². The lowest BCUT2D eigenvalue weighted by molar-refractivity contribution is 0.0333. The molecule has 1 N–H and O–H groups in total. The molecule has 1 aromatic carbocycles. The molecular formula is C20H28N4O. The molecule has 2 aliphatic rings. The first-order chi connectivity index (χ1) is 12.2. The highest BCUT2D eigenvalue weighted by Crippen LogP contribution is 2.27. The zero-order valence-corrected chi connectivity index (χ0v) is 15.0. The molecule has 0 aliphatic carbocycles. The zero-order chi connectivity index (χ0) is 17.2. The van der Waals surface area contributed by atoms with Crippen LogP contribution in [0.4, 0.5) is 0 Å². The summed E-state index contributed by atoms with van der Waals surface area (Å²) in [6, 6.07) is 9.99. The van der Waals surface area contributed by atoms with E-state index in [4.69, 9.17) is 0 Å². The Kier molecular flexibility index (Phi) is 4.88. The fourth-order valence-electron chi connectivity index (χ4n) is 4.41. The third-order valence-electron chi connectivity index (χ3n) is 5.79. The summed E-state index contributed by atoms with van der Waals surface area (Å²) in [6.45, 7) is 6.75. The monoisotopic (exact) mass is 340 g/mol. The number of piperazine rings is 1. The van der Waals surface area contributed by atoms with Crippen LogP contribution in [0.1, 0.15) is 30.7 Å². The number of fused-ring (bicyclic) bond motifs is 1. The number of imidazole rings is 1. The minimum absolute atomic E-state index is 0.276. The standard InChI is InChI=1S/C20H28N4O/c1-16-21-9-11-24(16)18-6-4-17(5-7-18)13-23-15-19-3-2-10-22(19)14-20(23)8-12-25/h4-7,9,11,19-20,25H,2-3,8,10,12-15H2,1H3/t19-,20-/m0/s1. The minimum atomic E-state index is 0.276. The molecule has 2 saturated heterocycles. The zero-order valence-electron chi connectivity index (χ0n) is 15.0. The summed E-state index contributed by atoms with van der Waals surface area (Å²) in [5.41, 5.74) is 2.50. The van der Waals surface area contributed by atoms with E-state index < -0.39 is 0 Å². The molecule has 0 radical (unpaired) electrons. The van der Waals surface area contributed by atoms with Crippen LogP contribution in [-0.4, -0.2) is 62.8 Å². The van der Waals surface area contributed by atoms with Crippen LogP contribution in [0.2, 0.25) is 0 Å². The van der Waals surface area contributed by atoms with Crippen LogP contribution in [0.25, 0.3) is 5.69 Å². The van der Waals surface area contributed by atoms with Gasteiger partial charge in [-0.15, -0.1) is 0 Å². The quantitative estimate of drug-likeness (QED) is 0.906. The van der Waals surface area contributed by atoms with E-state index in [0.29, 0.717) is 12.1 Å². The number of aromatic nitrogens is 2. The molecular weight excluding hydrogens is 312 g/mol. The molecule has 0 amide bonds. The fraction of sp³-hybridized carbons (Fsp3) is 0.550. The number of aliphatic hydroxyl groups excluding tert-OH is 1. The van der Waals surface area contributed by atoms with Gasteiger partial charge in [-0.3, -0.25) is 9.80 Å². The van der Waals surface area contributed by atoms with Gasteiger partial charge in [0, 0.05) is 56.4 Å². The number of nitrogens with zero attached hydrogens (tertiary/aromatic N) is 4. The Bertz CT molecular complexity index is 696. The van der Waals surface area contributed by atoms with Crippen LogP contribution in [0.15, 0.2) is 36.7 Å². The Morgan fingerprint density at radius 3 is 2.76 bits per heavy atom. The Balaban J connectivity index is 1.47. The highest BCUT2D eigenvalue weighted by molar-refractivity contribution is 5.35. The molecule has 2 aromatic rings. The SMILES string of the molecule is Cc1nccn1-c1ccc(CN2C[C@@H]3CCCN3C[C@@H]2CCO)cc1. The van der Waals surface area contributed by atoms with Gasteiger partial charge in [0.15, 0.2) is 0 Å². The molecule has 25 heavy (non-hydrogen) atoms. The van der Waals surface area contributed by atoms with Crippen molar-refractivity contribution in [3.8, 4) is 5.69 Å². The second-order valence-electron chi connectivity index (χ2n) is 7.40. The van der Waals surface area contributed by atoms with E-state index in [0.717, 1.165) is 37.6 Å². The highest BCUT2D eigenvalue weighted by Gasteiger charge is 2.35. The molecule has 2 fully saturated rings. The van der Waals surface area contributed by atoms with Gasteiger partial charge in [-0.2, -0.15) is 0 Å². The molecule has 5 heteroatoms. The predicted octanol–water partition coefficient (Wildman–Crippen LogP) is 2.21. The number of hydrogen-bond acceptors (Lipinski definition) is 4. The Labute approximate surface area is 149 Å². The van der Waals surface area contributed by atoms with Gasteiger partial charge in [-0.25, -0.2) is 4.98 Å². The first-order valence-electron chi connectivity index (χ1n) is 9.43. The van der Waals surface area contributed by atoms with Crippen LogP contribution >= 0.6 is 0 Å². The fourth-order valence-corrected chi connectivity index (χ4v) is 4.41. The summed E-state index contributed by atoms with van der Waals surface area (Å²) in [5, 5.41) is 9.46. The van der Waals surface area contributed by atoms with E-state index in [1.807, 2.05) is 19.3 Å². The van der Waals surface area contributed by atoms with Crippen LogP contribution < -0.4 is 0 Å². The Morgan fingerprint density at radius 2 is 2.04 bits per heavy atom. The van der Waals surface area contributed by atoms with Gasteiger partial charge >= 0.3 is 0 Å². The maximum Gasteiger partial charge on any atom is 0.110 e. The first kappa shape index (κ1) is 16.8. The average Bonchev–Trinajstić information content (AvgIpc) is 3.24. The van der Waals surface area contributed by atoms with Crippen molar-refractivity contribution in [2.45, 2.75) is 44.8 Å². The Hall–Kier alpha value is -1.69. The first-order valence-corrected chi connectivity index (χ1v) is 9.43. The summed E-state index contributed by atoms with van der Waals surface area (Å²) in [5.74, 6) is 1.01. The molecule has 0 bridgehead atoms. The summed E-state index contributed by atoms with van der Waals surface area (Å²) in [4.78, 5) is 9.51. The molecule has 0 saturated carbocycles. The van der Waals surface area contributed by atoms with Crippen molar-refractivity contribution < 1.29 is 5.11 Å². The van der Waals surface area contributed by atoms with Gasteiger partial charge in [0.25, 0.3) is 0 Å². The summed E-state index contributed by atoms with van der Waals surface area (Å²) < 4.78 is 2.11. The number of benzene rings is 1. The Morgan fingerprint density at radius 1 is 1.20 bits per heavy atom. The molecule has 0 unspecified atom stereocenters. The van der Waals surface area contributed by atoms with E-state index in [-0.39, 0.29) is 6.61 Å². The van der Waals surface area contributed by atoms with Gasteiger partial charge in [-0.05, 0) is 50.4 Å². The number of aryl methyl sites for hydroxylation is 1. The van der Waals surface area contributed by atoms with E-state index >= 15 is 0 Å². The third-order valence-corrected chi connectivity index (χ3v) is 5.79. The maximum absolute atomic E-state index is 9.46. The van der Waals surface area contributed by atoms with Crippen molar-refractivity contribution in [1.29, 1.82) is 0 Å². The van der Waals surface area contributed by atoms with E-state index in [1.165, 1.54) is 24.9 Å². The van der Waals surface area contributed by atoms with Crippen molar-refractivity contribution >= 4 is 0 Å². The molecule has 5 nitrogen and oxygen atoms in total. The van der Waals surface area contributed by atoms with Crippen LogP contribution in [0.3, 0.4) is 0 Å². The molecule has 2 aliphatic heterocycles.